The van der Waals surface area contributed by atoms with E-state index >= 15 is 5.11 Å². The molecule has 5 saturated heterocycles. The van der Waals surface area contributed by atoms with Crippen LogP contribution in [0.2, 0.25) is 0 Å². The molecule has 6 aliphatic heterocycles. The highest BCUT2D eigenvalue weighted by Crippen LogP contribution is 2.73. The van der Waals surface area contributed by atoms with Crippen molar-refractivity contribution in [1.82, 2.24) is 4.90 Å². The Hall–Kier alpha value is -0.980. The quantitative estimate of drug-likeness (QED) is 0.381. The van der Waals surface area contributed by atoms with Crippen molar-refractivity contribution < 1.29 is 19.8 Å². The SMILES string of the molecule is [O-]C1[C@]23CCCCCCCCCCN4CC[C@@H]5[C@@H](C2)C[N+]12CCC/C=C\C/C=C\C=C\[C@H](O)[C@@H](O)[C@@]52[C@@H]43. The van der Waals surface area contributed by atoms with Crippen LogP contribution >= 0.6 is 0 Å². The van der Waals surface area contributed by atoms with Gasteiger partial charge in [-0.2, -0.15) is 0 Å². The van der Waals surface area contributed by atoms with Crippen molar-refractivity contribution in [3.63, 3.8) is 0 Å². The van der Waals surface area contributed by atoms with E-state index in [1.807, 2.05) is 12.2 Å². The van der Waals surface area contributed by atoms with E-state index in [4.69, 9.17) is 0 Å². The molecular weight excluding hydrogens is 460 g/mol. The summed E-state index contributed by atoms with van der Waals surface area (Å²) in [5.41, 5.74) is -0.822. The lowest BCUT2D eigenvalue weighted by atomic mass is 9.52. The molecule has 0 radical (unpaired) electrons. The first kappa shape index (κ1) is 26.3. The van der Waals surface area contributed by atoms with E-state index < -0.39 is 24.0 Å². The van der Waals surface area contributed by atoms with Crippen LogP contribution in [0.15, 0.2) is 36.5 Å². The third-order valence-corrected chi connectivity index (χ3v) is 11.7. The van der Waals surface area contributed by atoms with Crippen LogP contribution in [-0.2, 0) is 0 Å². The second-order valence-corrected chi connectivity index (χ2v) is 13.4. The Morgan fingerprint density at radius 3 is 2.49 bits per heavy atom. The molecule has 2 unspecified atom stereocenters. The molecule has 9 atom stereocenters. The number of rotatable bonds is 0. The van der Waals surface area contributed by atoms with Gasteiger partial charge in [0.1, 0.15) is 17.7 Å². The van der Waals surface area contributed by atoms with E-state index in [9.17, 15) is 10.2 Å². The summed E-state index contributed by atoms with van der Waals surface area (Å²) in [5.74, 6) is 0.852. The van der Waals surface area contributed by atoms with Crippen LogP contribution in [0, 0.1) is 17.3 Å². The number of aliphatic hydroxyl groups is 2. The Kier molecular flexibility index (Phi) is 7.48. The van der Waals surface area contributed by atoms with Crippen LogP contribution in [0.25, 0.3) is 0 Å². The zero-order chi connectivity index (χ0) is 25.5. The molecule has 5 nitrogen and oxygen atoms in total. The Balaban J connectivity index is 1.48. The number of piperidine rings is 2. The van der Waals surface area contributed by atoms with Gasteiger partial charge in [0.25, 0.3) is 0 Å². The van der Waals surface area contributed by atoms with Crippen LogP contribution in [0.4, 0.5) is 0 Å². The van der Waals surface area contributed by atoms with Gasteiger partial charge in [-0.1, -0.05) is 81.4 Å². The van der Waals surface area contributed by atoms with Gasteiger partial charge in [0.05, 0.1) is 19.1 Å². The first-order valence-corrected chi connectivity index (χ1v) is 15.7. The summed E-state index contributed by atoms with van der Waals surface area (Å²) in [5, 5.41) is 39.0. The highest BCUT2D eigenvalue weighted by Gasteiger charge is 2.86. The molecule has 7 rings (SSSR count). The summed E-state index contributed by atoms with van der Waals surface area (Å²) in [6.45, 7) is 3.87. The third-order valence-electron chi connectivity index (χ3n) is 11.7. The summed E-state index contributed by atoms with van der Waals surface area (Å²) in [4.78, 5) is 2.68. The Morgan fingerprint density at radius 2 is 1.65 bits per heavy atom. The molecule has 1 saturated carbocycles. The molecule has 0 amide bonds. The maximum atomic E-state index is 15.1. The van der Waals surface area contributed by atoms with Crippen LogP contribution in [-0.4, -0.2) is 75.8 Å². The first-order valence-electron chi connectivity index (χ1n) is 15.7. The van der Waals surface area contributed by atoms with Gasteiger partial charge in [0.15, 0.2) is 0 Å². The largest absolute Gasteiger partial charge is 0.806 e. The van der Waals surface area contributed by atoms with Crippen molar-refractivity contribution in [1.29, 1.82) is 0 Å². The van der Waals surface area contributed by atoms with Crippen molar-refractivity contribution in [3.8, 4) is 0 Å². The third kappa shape index (κ3) is 3.89. The Labute approximate surface area is 224 Å². The predicted molar refractivity (Wildman–Crippen MR) is 145 cm³/mol. The van der Waals surface area contributed by atoms with Gasteiger partial charge in [-0.05, 0) is 58.0 Å². The molecule has 7 aliphatic rings. The molecule has 37 heavy (non-hydrogen) atoms. The van der Waals surface area contributed by atoms with Gasteiger partial charge >= 0.3 is 0 Å². The summed E-state index contributed by atoms with van der Waals surface area (Å²) in [6.07, 6.45) is 25.8. The number of nitrogens with zero attached hydrogens (tertiary/aromatic N) is 2. The number of aliphatic hydroxyl groups excluding tert-OH is 2. The normalized spacial score (nSPS) is 51.6. The molecule has 0 aromatic carbocycles. The molecule has 6 heterocycles. The average Bonchev–Trinajstić information content (AvgIpc) is 3.19. The number of hydrogen-bond donors (Lipinski definition) is 2. The fourth-order valence-corrected chi connectivity index (χ4v) is 10.7. The topological polar surface area (TPSA) is 66.8 Å². The predicted octanol–water partition coefficient (Wildman–Crippen LogP) is 4.05. The van der Waals surface area contributed by atoms with Crippen molar-refractivity contribution in [2.45, 2.75) is 120 Å². The Bertz CT molecular complexity index is 902. The second-order valence-electron chi connectivity index (χ2n) is 13.4. The van der Waals surface area contributed by atoms with Gasteiger partial charge in [0.2, 0.25) is 0 Å². The molecule has 206 valence electrons. The highest BCUT2D eigenvalue weighted by molar-refractivity contribution is 5.28. The highest BCUT2D eigenvalue weighted by atomic mass is 16.3. The second kappa shape index (κ2) is 10.5. The van der Waals surface area contributed by atoms with Crippen molar-refractivity contribution in [2.24, 2.45) is 17.3 Å². The minimum atomic E-state index is -0.937. The van der Waals surface area contributed by atoms with E-state index in [1.165, 1.54) is 44.9 Å². The van der Waals surface area contributed by atoms with Crippen LogP contribution in [0.5, 0.6) is 0 Å². The Morgan fingerprint density at radius 1 is 0.865 bits per heavy atom. The number of quaternary nitrogens is 1. The molecule has 0 aromatic heterocycles. The fraction of sp³-hybridized carbons (Fsp3) is 0.812. The summed E-state index contributed by atoms with van der Waals surface area (Å²) in [7, 11) is 0. The zero-order valence-corrected chi connectivity index (χ0v) is 22.9. The van der Waals surface area contributed by atoms with Crippen LogP contribution in [0.1, 0.15) is 89.9 Å². The zero-order valence-electron chi connectivity index (χ0n) is 22.9. The van der Waals surface area contributed by atoms with E-state index in [-0.39, 0.29) is 11.5 Å². The lowest BCUT2D eigenvalue weighted by Gasteiger charge is -2.59. The lowest BCUT2D eigenvalue weighted by Crippen LogP contribution is -2.77. The number of hydrogen-bond acceptors (Lipinski definition) is 4. The number of allylic oxidation sites excluding steroid dienone is 5. The monoisotopic (exact) mass is 510 g/mol. The molecule has 6 bridgehead atoms. The van der Waals surface area contributed by atoms with E-state index in [2.05, 4.69) is 23.1 Å². The van der Waals surface area contributed by atoms with E-state index in [1.54, 1.807) is 6.08 Å². The van der Waals surface area contributed by atoms with Gasteiger partial charge in [0, 0.05) is 23.5 Å². The van der Waals surface area contributed by atoms with Crippen molar-refractivity contribution >= 4 is 0 Å². The van der Waals surface area contributed by atoms with Crippen molar-refractivity contribution in [2.75, 3.05) is 26.2 Å². The molecule has 2 N–H and O–H groups in total. The van der Waals surface area contributed by atoms with Gasteiger partial charge in [-0.3, -0.25) is 4.90 Å². The molecule has 3 spiro atoms. The minimum Gasteiger partial charge on any atom is -0.806 e. The maximum absolute atomic E-state index is 15.1. The smallest absolute Gasteiger partial charge is 0.147 e. The summed E-state index contributed by atoms with van der Waals surface area (Å²) in [6, 6.07) is 0.0952. The van der Waals surface area contributed by atoms with Gasteiger partial charge < -0.3 is 19.8 Å². The summed E-state index contributed by atoms with van der Waals surface area (Å²) >= 11 is 0. The van der Waals surface area contributed by atoms with Gasteiger partial charge in [-0.25, -0.2) is 0 Å². The van der Waals surface area contributed by atoms with Gasteiger partial charge in [-0.15, -0.1) is 0 Å². The molecular formula is C32H50N2O3. The van der Waals surface area contributed by atoms with E-state index in [0.29, 0.717) is 16.3 Å². The average molecular weight is 511 g/mol. The van der Waals surface area contributed by atoms with Crippen LogP contribution in [0.3, 0.4) is 0 Å². The molecule has 1 aliphatic carbocycles. The summed E-state index contributed by atoms with van der Waals surface area (Å²) < 4.78 is 0.527. The molecule has 6 fully saturated rings. The van der Waals surface area contributed by atoms with E-state index in [0.717, 1.165) is 71.1 Å². The standard InChI is InChI=1S/C32H50N2O3/c35-27-17-13-9-5-1-4-8-12-16-22-34-24-25-23-31(30(34)37)19-14-10-6-2-3-7-11-15-20-33-21-18-26(25)32(34,28(27)36)29(31)33/h4-5,8-9,13,17,25-30,35-36H,1-3,6-7,10-12,14-16,18-24H2/b8-4-,9-5-,17-13+/t25-,26+,27-,28+,29-,30?,31+,32+,34?/m0/s1. The molecule has 0 aromatic rings. The first-order chi connectivity index (χ1) is 18.1. The minimum absolute atomic E-state index is 0.0952. The lowest BCUT2D eigenvalue weighted by molar-refractivity contribution is -1.04. The maximum Gasteiger partial charge on any atom is 0.147 e. The fourth-order valence-electron chi connectivity index (χ4n) is 10.7. The van der Waals surface area contributed by atoms with Crippen molar-refractivity contribution in [3.05, 3.63) is 36.5 Å². The van der Waals surface area contributed by atoms with Crippen LogP contribution < -0.4 is 5.11 Å². The molecule has 5 heteroatoms.